The van der Waals surface area contributed by atoms with Crippen LogP contribution < -0.4 is 5.32 Å². The SMILES string of the molecule is O=C(CCc1ccc(-c2ccccc2F)o1)N1CCC(Nc2ccc(F)cc2)CC1. The molecule has 4 nitrogen and oxygen atoms in total. The second-order valence-corrected chi connectivity index (χ2v) is 7.55. The lowest BCUT2D eigenvalue weighted by atomic mass is 10.0. The number of piperidine rings is 1. The van der Waals surface area contributed by atoms with Crippen molar-refractivity contribution in [2.24, 2.45) is 0 Å². The lowest BCUT2D eigenvalue weighted by molar-refractivity contribution is -0.132. The van der Waals surface area contributed by atoms with Crippen LogP contribution in [-0.4, -0.2) is 29.9 Å². The topological polar surface area (TPSA) is 45.5 Å². The quantitative estimate of drug-likeness (QED) is 0.603. The van der Waals surface area contributed by atoms with E-state index in [-0.39, 0.29) is 23.6 Å². The van der Waals surface area contributed by atoms with Gasteiger partial charge in [0.05, 0.1) is 5.56 Å². The van der Waals surface area contributed by atoms with Gasteiger partial charge in [-0.1, -0.05) is 12.1 Å². The summed E-state index contributed by atoms with van der Waals surface area (Å²) < 4.78 is 32.6. The maximum Gasteiger partial charge on any atom is 0.223 e. The molecule has 3 aromatic rings. The van der Waals surface area contributed by atoms with Crippen molar-refractivity contribution >= 4 is 11.6 Å². The molecule has 1 aliphatic rings. The van der Waals surface area contributed by atoms with Crippen LogP contribution in [0.2, 0.25) is 0 Å². The molecule has 1 aromatic heterocycles. The molecule has 4 rings (SSSR count). The monoisotopic (exact) mass is 410 g/mol. The zero-order valence-electron chi connectivity index (χ0n) is 16.6. The minimum absolute atomic E-state index is 0.0964. The van der Waals surface area contributed by atoms with E-state index in [0.717, 1.165) is 18.5 Å². The summed E-state index contributed by atoms with van der Waals surface area (Å²) in [6, 6.07) is 16.6. The van der Waals surface area contributed by atoms with E-state index in [0.29, 0.717) is 43.0 Å². The Kier molecular flexibility index (Phi) is 6.12. The van der Waals surface area contributed by atoms with E-state index in [4.69, 9.17) is 4.42 Å². The molecule has 2 aromatic carbocycles. The number of hydrogen-bond donors (Lipinski definition) is 1. The first-order valence-corrected chi connectivity index (χ1v) is 10.2. The lowest BCUT2D eigenvalue weighted by Gasteiger charge is -2.33. The van der Waals surface area contributed by atoms with Gasteiger partial charge < -0.3 is 14.6 Å². The number of carbonyl (C=O) groups excluding carboxylic acids is 1. The van der Waals surface area contributed by atoms with E-state index in [1.807, 2.05) is 4.90 Å². The highest BCUT2D eigenvalue weighted by atomic mass is 19.1. The van der Waals surface area contributed by atoms with Gasteiger partial charge in [0.25, 0.3) is 0 Å². The number of aryl methyl sites for hydroxylation is 1. The Morgan fingerprint density at radius 3 is 2.47 bits per heavy atom. The summed E-state index contributed by atoms with van der Waals surface area (Å²) in [5.41, 5.74) is 1.32. The first-order valence-electron chi connectivity index (χ1n) is 10.2. The molecule has 30 heavy (non-hydrogen) atoms. The van der Waals surface area contributed by atoms with E-state index >= 15 is 0 Å². The van der Waals surface area contributed by atoms with E-state index in [1.165, 1.54) is 18.2 Å². The second kappa shape index (κ2) is 9.11. The lowest BCUT2D eigenvalue weighted by Crippen LogP contribution is -2.42. The average Bonchev–Trinajstić information content (AvgIpc) is 3.23. The average molecular weight is 410 g/mol. The Morgan fingerprint density at radius 2 is 1.73 bits per heavy atom. The zero-order chi connectivity index (χ0) is 20.9. The number of hydrogen-bond acceptors (Lipinski definition) is 3. The first-order chi connectivity index (χ1) is 14.6. The van der Waals surface area contributed by atoms with E-state index in [9.17, 15) is 13.6 Å². The van der Waals surface area contributed by atoms with Gasteiger partial charge in [-0.3, -0.25) is 4.79 Å². The van der Waals surface area contributed by atoms with Crippen LogP contribution in [0.5, 0.6) is 0 Å². The molecule has 1 saturated heterocycles. The molecule has 1 N–H and O–H groups in total. The third-order valence-corrected chi connectivity index (χ3v) is 5.45. The van der Waals surface area contributed by atoms with Gasteiger partial charge in [0.1, 0.15) is 23.2 Å². The van der Waals surface area contributed by atoms with Gasteiger partial charge in [-0.25, -0.2) is 8.78 Å². The van der Waals surface area contributed by atoms with Crippen molar-refractivity contribution in [3.05, 3.63) is 78.1 Å². The van der Waals surface area contributed by atoms with Crippen LogP contribution >= 0.6 is 0 Å². The van der Waals surface area contributed by atoms with E-state index < -0.39 is 0 Å². The molecule has 1 aliphatic heterocycles. The Hall–Kier alpha value is -3.15. The Bertz CT molecular complexity index is 992. The van der Waals surface area contributed by atoms with Crippen LogP contribution in [-0.2, 0) is 11.2 Å². The number of nitrogens with one attached hydrogen (secondary N) is 1. The Labute approximate surface area is 174 Å². The molecule has 1 fully saturated rings. The van der Waals surface area contributed by atoms with Crippen molar-refractivity contribution in [1.29, 1.82) is 0 Å². The molecular formula is C24H24F2N2O2. The molecule has 2 heterocycles. The van der Waals surface area contributed by atoms with Crippen molar-refractivity contribution in [3.63, 3.8) is 0 Å². The number of carbonyl (C=O) groups is 1. The highest BCUT2D eigenvalue weighted by Crippen LogP contribution is 2.25. The van der Waals surface area contributed by atoms with E-state index in [1.54, 1.807) is 42.5 Å². The number of halogens is 2. The van der Waals surface area contributed by atoms with Gasteiger partial charge >= 0.3 is 0 Å². The first kappa shape index (κ1) is 20.1. The molecule has 0 unspecified atom stereocenters. The minimum atomic E-state index is -0.327. The van der Waals surface area contributed by atoms with Gasteiger partial charge in [0.2, 0.25) is 5.91 Å². The van der Waals surface area contributed by atoms with Crippen LogP contribution in [0.4, 0.5) is 14.5 Å². The molecule has 0 radical (unpaired) electrons. The van der Waals surface area contributed by atoms with Gasteiger partial charge in [0.15, 0.2) is 0 Å². The molecule has 0 spiro atoms. The van der Waals surface area contributed by atoms with Gasteiger partial charge in [-0.2, -0.15) is 0 Å². The molecule has 0 atom stereocenters. The van der Waals surface area contributed by atoms with Crippen LogP contribution in [0.25, 0.3) is 11.3 Å². The molecule has 6 heteroatoms. The summed E-state index contributed by atoms with van der Waals surface area (Å²) >= 11 is 0. The van der Waals surface area contributed by atoms with Crippen LogP contribution in [0.15, 0.2) is 65.1 Å². The number of anilines is 1. The maximum atomic E-state index is 13.9. The van der Waals surface area contributed by atoms with E-state index in [2.05, 4.69) is 5.32 Å². The summed E-state index contributed by atoms with van der Waals surface area (Å²) in [7, 11) is 0. The third kappa shape index (κ3) is 4.87. The number of likely N-dealkylation sites (tertiary alicyclic amines) is 1. The summed E-state index contributed by atoms with van der Waals surface area (Å²) in [5.74, 6) is 0.668. The van der Waals surface area contributed by atoms with Crippen LogP contribution in [0.3, 0.4) is 0 Å². The standard InChI is InChI=1S/C24H24F2N2O2/c25-17-5-7-18(8-6-17)27-19-13-15-28(16-14-19)24(29)12-10-20-9-11-23(30-20)21-3-1-2-4-22(21)26/h1-9,11,19,27H,10,12-16H2. The van der Waals surface area contributed by atoms with Crippen molar-refractivity contribution in [3.8, 4) is 11.3 Å². The molecule has 0 aliphatic carbocycles. The largest absolute Gasteiger partial charge is 0.461 e. The van der Waals surface area contributed by atoms with Gasteiger partial charge in [-0.15, -0.1) is 0 Å². The number of nitrogens with zero attached hydrogens (tertiary/aromatic N) is 1. The van der Waals surface area contributed by atoms with Gasteiger partial charge in [0, 0.05) is 37.7 Å². The second-order valence-electron chi connectivity index (χ2n) is 7.55. The maximum absolute atomic E-state index is 13.9. The van der Waals surface area contributed by atoms with Gasteiger partial charge in [-0.05, 0) is 61.4 Å². The Balaban J connectivity index is 1.24. The fraction of sp³-hybridized carbons (Fsp3) is 0.292. The van der Waals surface area contributed by atoms with Crippen molar-refractivity contribution in [2.75, 3.05) is 18.4 Å². The van der Waals surface area contributed by atoms with Crippen LogP contribution in [0.1, 0.15) is 25.0 Å². The minimum Gasteiger partial charge on any atom is -0.461 e. The summed E-state index contributed by atoms with van der Waals surface area (Å²) in [5, 5.41) is 3.40. The fourth-order valence-electron chi connectivity index (χ4n) is 3.76. The van der Waals surface area contributed by atoms with Crippen LogP contribution in [0, 0.1) is 11.6 Å². The predicted molar refractivity (Wildman–Crippen MR) is 112 cm³/mol. The Morgan fingerprint density at radius 1 is 1.00 bits per heavy atom. The fourth-order valence-corrected chi connectivity index (χ4v) is 3.76. The zero-order valence-corrected chi connectivity index (χ0v) is 16.6. The number of benzene rings is 2. The molecule has 0 saturated carbocycles. The summed E-state index contributed by atoms with van der Waals surface area (Å²) in [4.78, 5) is 14.4. The molecular weight excluding hydrogens is 386 g/mol. The normalized spacial score (nSPS) is 14.7. The third-order valence-electron chi connectivity index (χ3n) is 5.45. The van der Waals surface area contributed by atoms with Crippen molar-refractivity contribution in [2.45, 2.75) is 31.7 Å². The number of furan rings is 1. The highest BCUT2D eigenvalue weighted by Gasteiger charge is 2.23. The molecule has 1 amide bonds. The predicted octanol–water partition coefficient (Wildman–Crippen LogP) is 5.26. The number of rotatable bonds is 6. The number of amides is 1. The van der Waals surface area contributed by atoms with Crippen molar-refractivity contribution in [1.82, 2.24) is 4.90 Å². The smallest absolute Gasteiger partial charge is 0.223 e. The molecule has 156 valence electrons. The summed E-state index contributed by atoms with van der Waals surface area (Å²) in [6.45, 7) is 1.38. The van der Waals surface area contributed by atoms with Crippen molar-refractivity contribution < 1.29 is 18.0 Å². The highest BCUT2D eigenvalue weighted by molar-refractivity contribution is 5.76. The molecule has 0 bridgehead atoms. The summed E-state index contributed by atoms with van der Waals surface area (Å²) in [6.07, 6.45) is 2.55.